The van der Waals surface area contributed by atoms with E-state index in [0.717, 1.165) is 22.0 Å². The van der Waals surface area contributed by atoms with Gasteiger partial charge in [0.05, 0.1) is 16.6 Å². The number of thioether (sulfide) groups is 1. The molecule has 1 atom stereocenters. The second-order valence-corrected chi connectivity index (χ2v) is 9.83. The Morgan fingerprint density at radius 3 is 2.63 bits per heavy atom. The number of nitrogens with zero attached hydrogens (tertiary/aromatic N) is 2. The van der Waals surface area contributed by atoms with Gasteiger partial charge in [-0.25, -0.2) is 4.98 Å². The minimum Gasteiger partial charge on any atom is -0.324 e. The van der Waals surface area contributed by atoms with Gasteiger partial charge in [0.2, 0.25) is 5.91 Å². The van der Waals surface area contributed by atoms with Crippen LogP contribution in [0.3, 0.4) is 0 Å². The Morgan fingerprint density at radius 1 is 1.26 bits per heavy atom. The van der Waals surface area contributed by atoms with Crippen LogP contribution in [0.15, 0.2) is 24.3 Å². The SMILES string of the molecule is Cc1cccc(NC(=O)C2CSCN2C(=O)c2sc(C(C)(C)C)nc2C)c1. The highest BCUT2D eigenvalue weighted by Gasteiger charge is 2.37. The van der Waals surface area contributed by atoms with Gasteiger partial charge in [-0.2, -0.15) is 0 Å². The van der Waals surface area contributed by atoms with E-state index in [4.69, 9.17) is 0 Å². The second-order valence-electron chi connectivity index (χ2n) is 7.83. The zero-order valence-electron chi connectivity index (χ0n) is 16.3. The molecule has 1 aromatic heterocycles. The molecule has 144 valence electrons. The highest BCUT2D eigenvalue weighted by atomic mass is 32.2. The Kier molecular flexibility index (Phi) is 5.63. The van der Waals surface area contributed by atoms with Gasteiger partial charge < -0.3 is 10.2 Å². The summed E-state index contributed by atoms with van der Waals surface area (Å²) in [6, 6.07) is 7.21. The largest absolute Gasteiger partial charge is 0.324 e. The van der Waals surface area contributed by atoms with E-state index in [1.807, 2.05) is 38.1 Å². The molecule has 0 radical (unpaired) electrons. The first-order valence-corrected chi connectivity index (χ1v) is 10.9. The van der Waals surface area contributed by atoms with Crippen molar-refractivity contribution in [3.63, 3.8) is 0 Å². The van der Waals surface area contributed by atoms with Crippen molar-refractivity contribution in [3.8, 4) is 0 Å². The number of amides is 2. The van der Waals surface area contributed by atoms with E-state index in [1.54, 1.807) is 16.7 Å². The Bertz CT molecular complexity index is 870. The molecular weight excluding hydrogens is 378 g/mol. The standard InChI is InChI=1S/C20H25N3O2S2/c1-12-7-6-8-14(9-12)22-17(24)15-10-26-11-23(15)18(25)16-13(2)21-19(27-16)20(3,4)5/h6-9,15H,10-11H2,1-5H3,(H,22,24). The summed E-state index contributed by atoms with van der Waals surface area (Å²) in [4.78, 5) is 32.8. The number of hydrogen-bond acceptors (Lipinski definition) is 5. The fourth-order valence-electron chi connectivity index (χ4n) is 2.85. The molecule has 3 rings (SSSR count). The normalized spacial score (nSPS) is 17.2. The molecule has 27 heavy (non-hydrogen) atoms. The number of thiazole rings is 1. The smallest absolute Gasteiger partial charge is 0.267 e. The Morgan fingerprint density at radius 2 is 2.00 bits per heavy atom. The predicted octanol–water partition coefficient (Wildman–Crippen LogP) is 4.21. The molecule has 1 aliphatic heterocycles. The lowest BCUT2D eigenvalue weighted by molar-refractivity contribution is -0.119. The van der Waals surface area contributed by atoms with Crippen molar-refractivity contribution < 1.29 is 9.59 Å². The molecule has 1 fully saturated rings. The first-order valence-electron chi connectivity index (χ1n) is 8.91. The second kappa shape index (κ2) is 7.64. The number of benzene rings is 1. The first kappa shape index (κ1) is 19.9. The van der Waals surface area contributed by atoms with E-state index in [0.29, 0.717) is 16.5 Å². The van der Waals surface area contributed by atoms with E-state index in [9.17, 15) is 9.59 Å². The summed E-state index contributed by atoms with van der Waals surface area (Å²) < 4.78 is 0. The van der Waals surface area contributed by atoms with Crippen LogP contribution in [0, 0.1) is 13.8 Å². The van der Waals surface area contributed by atoms with Crippen LogP contribution < -0.4 is 5.32 Å². The first-order chi connectivity index (χ1) is 12.7. The number of aryl methyl sites for hydroxylation is 2. The molecule has 0 saturated carbocycles. The fraction of sp³-hybridized carbons (Fsp3) is 0.450. The van der Waals surface area contributed by atoms with Crippen LogP contribution in [0.25, 0.3) is 0 Å². The maximum absolute atomic E-state index is 13.1. The van der Waals surface area contributed by atoms with E-state index in [2.05, 4.69) is 31.1 Å². The number of rotatable bonds is 3. The van der Waals surface area contributed by atoms with Crippen molar-refractivity contribution in [2.45, 2.75) is 46.1 Å². The summed E-state index contributed by atoms with van der Waals surface area (Å²) in [5.74, 6) is 0.882. The van der Waals surface area contributed by atoms with E-state index in [-0.39, 0.29) is 17.2 Å². The van der Waals surface area contributed by atoms with Crippen LogP contribution in [0.4, 0.5) is 5.69 Å². The number of carbonyl (C=O) groups excluding carboxylic acids is 2. The van der Waals surface area contributed by atoms with Gasteiger partial charge in [-0.15, -0.1) is 23.1 Å². The number of hydrogen-bond donors (Lipinski definition) is 1. The topological polar surface area (TPSA) is 62.3 Å². The summed E-state index contributed by atoms with van der Waals surface area (Å²) >= 11 is 3.04. The lowest BCUT2D eigenvalue weighted by atomic mass is 9.98. The van der Waals surface area contributed by atoms with Gasteiger partial charge in [0.25, 0.3) is 5.91 Å². The third-order valence-electron chi connectivity index (χ3n) is 4.36. The third-order valence-corrected chi connectivity index (χ3v) is 6.95. The maximum Gasteiger partial charge on any atom is 0.267 e. The Labute approximate surface area is 168 Å². The molecule has 5 nitrogen and oxygen atoms in total. The molecule has 1 unspecified atom stereocenters. The molecule has 2 amide bonds. The molecule has 2 aromatic rings. The molecule has 0 spiro atoms. The van der Waals surface area contributed by atoms with Gasteiger partial charge in [-0.1, -0.05) is 32.9 Å². The highest BCUT2D eigenvalue weighted by molar-refractivity contribution is 7.99. The quantitative estimate of drug-likeness (QED) is 0.834. The minimum atomic E-state index is -0.470. The monoisotopic (exact) mass is 403 g/mol. The van der Waals surface area contributed by atoms with Gasteiger partial charge in [-0.3, -0.25) is 9.59 Å². The summed E-state index contributed by atoms with van der Waals surface area (Å²) in [5.41, 5.74) is 2.48. The summed E-state index contributed by atoms with van der Waals surface area (Å²) in [6.45, 7) is 10.1. The number of aromatic nitrogens is 1. The molecule has 1 N–H and O–H groups in total. The van der Waals surface area contributed by atoms with Gasteiger partial charge >= 0.3 is 0 Å². The van der Waals surface area contributed by atoms with E-state index < -0.39 is 6.04 Å². The van der Waals surface area contributed by atoms with Crippen molar-refractivity contribution in [2.24, 2.45) is 0 Å². The van der Waals surface area contributed by atoms with Crippen LogP contribution in [0.1, 0.15) is 46.7 Å². The van der Waals surface area contributed by atoms with Crippen molar-refractivity contribution in [1.82, 2.24) is 9.88 Å². The van der Waals surface area contributed by atoms with E-state index in [1.165, 1.54) is 11.3 Å². The van der Waals surface area contributed by atoms with Gasteiger partial charge in [0.1, 0.15) is 10.9 Å². The Balaban J connectivity index is 1.78. The lowest BCUT2D eigenvalue weighted by Crippen LogP contribution is -2.44. The fourth-order valence-corrected chi connectivity index (χ4v) is 5.09. The van der Waals surface area contributed by atoms with Crippen molar-refractivity contribution >= 4 is 40.6 Å². The molecule has 1 saturated heterocycles. The zero-order chi connectivity index (χ0) is 19.8. The molecule has 2 heterocycles. The molecule has 1 aromatic carbocycles. The summed E-state index contributed by atoms with van der Waals surface area (Å²) in [6.07, 6.45) is 0. The van der Waals surface area contributed by atoms with Crippen molar-refractivity contribution in [3.05, 3.63) is 45.4 Å². The van der Waals surface area contributed by atoms with Gasteiger partial charge in [0, 0.05) is 16.9 Å². The maximum atomic E-state index is 13.1. The number of carbonyl (C=O) groups is 2. The predicted molar refractivity (Wildman–Crippen MR) is 113 cm³/mol. The van der Waals surface area contributed by atoms with Crippen LogP contribution in [0.5, 0.6) is 0 Å². The van der Waals surface area contributed by atoms with E-state index >= 15 is 0 Å². The highest BCUT2D eigenvalue weighted by Crippen LogP contribution is 2.32. The number of nitrogens with one attached hydrogen (secondary N) is 1. The molecular formula is C20H25N3O2S2. The minimum absolute atomic E-state index is 0.102. The molecule has 0 aliphatic carbocycles. The average Bonchev–Trinajstić information content (AvgIpc) is 3.20. The lowest BCUT2D eigenvalue weighted by Gasteiger charge is -2.22. The van der Waals surface area contributed by atoms with Gasteiger partial charge in [-0.05, 0) is 31.5 Å². The van der Waals surface area contributed by atoms with Crippen molar-refractivity contribution in [2.75, 3.05) is 16.9 Å². The average molecular weight is 404 g/mol. The molecule has 0 bridgehead atoms. The Hall–Kier alpha value is -1.86. The van der Waals surface area contributed by atoms with Crippen LogP contribution in [-0.4, -0.2) is 39.4 Å². The summed E-state index contributed by atoms with van der Waals surface area (Å²) in [5, 5.41) is 3.89. The van der Waals surface area contributed by atoms with Gasteiger partial charge in [0.15, 0.2) is 0 Å². The summed E-state index contributed by atoms with van der Waals surface area (Å²) in [7, 11) is 0. The van der Waals surface area contributed by atoms with Crippen LogP contribution in [-0.2, 0) is 10.2 Å². The van der Waals surface area contributed by atoms with Crippen molar-refractivity contribution in [1.29, 1.82) is 0 Å². The molecule has 7 heteroatoms. The number of anilines is 1. The van der Waals surface area contributed by atoms with Crippen LogP contribution >= 0.6 is 23.1 Å². The third kappa shape index (κ3) is 4.35. The molecule has 1 aliphatic rings. The van der Waals surface area contributed by atoms with Crippen LogP contribution in [0.2, 0.25) is 0 Å². The zero-order valence-corrected chi connectivity index (χ0v) is 18.0.